The van der Waals surface area contributed by atoms with Crippen molar-refractivity contribution in [3.63, 3.8) is 0 Å². The number of amides is 2. The Bertz CT molecular complexity index is 406. The zero-order valence-electron chi connectivity index (χ0n) is 12.6. The largest absolute Gasteiger partial charge is 0.466 e. The highest BCUT2D eigenvalue weighted by Crippen LogP contribution is 2.32. The molecule has 1 aliphatic heterocycles. The van der Waals surface area contributed by atoms with E-state index in [1.165, 1.54) is 0 Å². The summed E-state index contributed by atoms with van der Waals surface area (Å²) in [6, 6.07) is 0. The van der Waals surface area contributed by atoms with Gasteiger partial charge in [0.2, 0.25) is 11.8 Å². The number of esters is 1. The van der Waals surface area contributed by atoms with Crippen molar-refractivity contribution in [2.24, 2.45) is 11.8 Å². The highest BCUT2D eigenvalue weighted by molar-refractivity contribution is 5.83. The third-order valence-electron chi connectivity index (χ3n) is 3.96. The van der Waals surface area contributed by atoms with Crippen LogP contribution in [-0.2, 0) is 19.1 Å². The Balaban J connectivity index is 1.71. The number of hydrogen-bond donors (Lipinski definition) is 1. The van der Waals surface area contributed by atoms with Crippen molar-refractivity contribution in [3.05, 3.63) is 0 Å². The number of ether oxygens (including phenoxy) is 1. The predicted molar refractivity (Wildman–Crippen MR) is 76.3 cm³/mol. The van der Waals surface area contributed by atoms with Crippen LogP contribution < -0.4 is 5.32 Å². The van der Waals surface area contributed by atoms with Gasteiger partial charge in [-0.2, -0.15) is 0 Å². The summed E-state index contributed by atoms with van der Waals surface area (Å²) in [6.07, 6.45) is 3.85. The Morgan fingerprint density at radius 1 is 1.19 bits per heavy atom. The lowest BCUT2D eigenvalue weighted by atomic mass is 9.96. The molecule has 2 rings (SSSR count). The van der Waals surface area contributed by atoms with Crippen LogP contribution in [0.5, 0.6) is 0 Å². The second kappa shape index (κ2) is 7.43. The molecule has 0 aromatic heterocycles. The molecule has 1 saturated carbocycles. The minimum absolute atomic E-state index is 0.0624. The van der Waals surface area contributed by atoms with E-state index in [4.69, 9.17) is 4.74 Å². The first kappa shape index (κ1) is 15.8. The summed E-state index contributed by atoms with van der Waals surface area (Å²) in [7, 11) is 0. The lowest BCUT2D eigenvalue weighted by Crippen LogP contribution is -2.46. The van der Waals surface area contributed by atoms with Gasteiger partial charge in [-0.25, -0.2) is 0 Å². The van der Waals surface area contributed by atoms with Crippen molar-refractivity contribution < 1.29 is 19.1 Å². The third kappa shape index (κ3) is 4.72. The molecule has 0 aromatic carbocycles. The van der Waals surface area contributed by atoms with Crippen molar-refractivity contribution in [2.45, 2.75) is 39.0 Å². The predicted octanol–water partition coefficient (Wildman–Crippen LogP) is 0.704. The topological polar surface area (TPSA) is 75.7 Å². The van der Waals surface area contributed by atoms with Crippen LogP contribution in [0.25, 0.3) is 0 Å². The molecule has 1 N–H and O–H groups in total. The summed E-state index contributed by atoms with van der Waals surface area (Å²) in [4.78, 5) is 37.2. The van der Waals surface area contributed by atoms with Crippen molar-refractivity contribution >= 4 is 17.8 Å². The van der Waals surface area contributed by atoms with E-state index in [0.717, 1.165) is 32.2 Å². The fourth-order valence-corrected chi connectivity index (χ4v) is 2.65. The highest BCUT2D eigenvalue weighted by atomic mass is 16.5. The number of carbonyl (C=O) groups is 3. The monoisotopic (exact) mass is 296 g/mol. The van der Waals surface area contributed by atoms with Crippen molar-refractivity contribution in [2.75, 3.05) is 26.2 Å². The van der Waals surface area contributed by atoms with Crippen LogP contribution in [0.15, 0.2) is 0 Å². The van der Waals surface area contributed by atoms with E-state index in [1.54, 1.807) is 6.92 Å². The molecule has 6 nitrogen and oxygen atoms in total. The van der Waals surface area contributed by atoms with Crippen molar-refractivity contribution in [1.82, 2.24) is 10.2 Å². The standard InChI is InChI=1S/C15H24N2O4/c1-2-21-13(18)7-8-16-14(19)12-4-3-9-17(10-12)15(20)11-5-6-11/h11-12H,2-10H2,1H3,(H,16,19). The van der Waals surface area contributed by atoms with Crippen LogP contribution in [0, 0.1) is 11.8 Å². The van der Waals surface area contributed by atoms with Crippen LogP contribution in [-0.4, -0.2) is 48.9 Å². The fourth-order valence-electron chi connectivity index (χ4n) is 2.65. The first-order valence-corrected chi connectivity index (χ1v) is 7.84. The molecule has 2 fully saturated rings. The number of carbonyl (C=O) groups excluding carboxylic acids is 3. The molecular formula is C15H24N2O4. The molecule has 6 heteroatoms. The van der Waals surface area contributed by atoms with E-state index in [2.05, 4.69) is 5.32 Å². The first-order chi connectivity index (χ1) is 10.1. The van der Waals surface area contributed by atoms with Gasteiger partial charge in [-0.05, 0) is 32.6 Å². The summed E-state index contributed by atoms with van der Waals surface area (Å²) in [5.74, 6) is -0.0992. The molecule has 0 spiro atoms. The number of nitrogens with one attached hydrogen (secondary N) is 1. The van der Waals surface area contributed by atoms with Crippen LogP contribution in [0.1, 0.15) is 39.0 Å². The molecule has 1 atom stereocenters. The van der Waals surface area contributed by atoms with Gasteiger partial charge < -0.3 is 15.0 Å². The van der Waals surface area contributed by atoms with Crippen LogP contribution in [0.3, 0.4) is 0 Å². The second-order valence-corrected chi connectivity index (χ2v) is 5.74. The van der Waals surface area contributed by atoms with E-state index < -0.39 is 0 Å². The summed E-state index contributed by atoms with van der Waals surface area (Å²) in [6.45, 7) is 3.69. The highest BCUT2D eigenvalue weighted by Gasteiger charge is 2.36. The number of nitrogens with zero attached hydrogens (tertiary/aromatic N) is 1. The van der Waals surface area contributed by atoms with E-state index in [0.29, 0.717) is 19.7 Å². The summed E-state index contributed by atoms with van der Waals surface area (Å²) in [5, 5.41) is 2.77. The van der Waals surface area contributed by atoms with Gasteiger partial charge in [0, 0.05) is 25.6 Å². The molecule has 2 aliphatic rings. The fraction of sp³-hybridized carbons (Fsp3) is 0.800. The molecule has 1 saturated heterocycles. The SMILES string of the molecule is CCOC(=O)CCNC(=O)C1CCCN(C(=O)C2CC2)C1. The van der Waals surface area contributed by atoms with E-state index in [1.807, 2.05) is 4.90 Å². The van der Waals surface area contributed by atoms with Gasteiger partial charge in [0.25, 0.3) is 0 Å². The Morgan fingerprint density at radius 3 is 2.62 bits per heavy atom. The average molecular weight is 296 g/mol. The molecule has 118 valence electrons. The number of piperidine rings is 1. The molecular weight excluding hydrogens is 272 g/mol. The average Bonchev–Trinajstić information content (AvgIpc) is 3.31. The van der Waals surface area contributed by atoms with Crippen LogP contribution in [0.4, 0.5) is 0 Å². The summed E-state index contributed by atoms with van der Waals surface area (Å²) < 4.78 is 4.81. The van der Waals surface area contributed by atoms with Gasteiger partial charge in [-0.1, -0.05) is 0 Å². The van der Waals surface area contributed by atoms with Crippen LogP contribution in [0.2, 0.25) is 0 Å². The Morgan fingerprint density at radius 2 is 1.95 bits per heavy atom. The third-order valence-corrected chi connectivity index (χ3v) is 3.96. The Hall–Kier alpha value is -1.59. The van der Waals surface area contributed by atoms with Gasteiger partial charge in [0.1, 0.15) is 0 Å². The maximum atomic E-state index is 12.1. The zero-order chi connectivity index (χ0) is 15.2. The molecule has 2 amide bonds. The smallest absolute Gasteiger partial charge is 0.307 e. The minimum Gasteiger partial charge on any atom is -0.466 e. The van der Waals surface area contributed by atoms with Crippen molar-refractivity contribution in [1.29, 1.82) is 0 Å². The minimum atomic E-state index is -0.299. The van der Waals surface area contributed by atoms with Crippen LogP contribution >= 0.6 is 0 Å². The zero-order valence-corrected chi connectivity index (χ0v) is 12.6. The maximum absolute atomic E-state index is 12.1. The quantitative estimate of drug-likeness (QED) is 0.732. The van der Waals surface area contributed by atoms with Gasteiger partial charge in [-0.15, -0.1) is 0 Å². The molecule has 21 heavy (non-hydrogen) atoms. The second-order valence-electron chi connectivity index (χ2n) is 5.74. The molecule has 0 radical (unpaired) electrons. The van der Waals surface area contributed by atoms with E-state index in [-0.39, 0.29) is 36.0 Å². The number of hydrogen-bond acceptors (Lipinski definition) is 4. The lowest BCUT2D eigenvalue weighted by molar-refractivity contribution is -0.143. The van der Waals surface area contributed by atoms with Gasteiger partial charge >= 0.3 is 5.97 Å². The molecule has 1 aliphatic carbocycles. The maximum Gasteiger partial charge on any atom is 0.307 e. The normalized spacial score (nSPS) is 21.8. The van der Waals surface area contributed by atoms with Crippen molar-refractivity contribution in [3.8, 4) is 0 Å². The summed E-state index contributed by atoms with van der Waals surface area (Å²) >= 11 is 0. The lowest BCUT2D eigenvalue weighted by Gasteiger charge is -2.32. The molecule has 0 bridgehead atoms. The van der Waals surface area contributed by atoms with Gasteiger partial charge in [-0.3, -0.25) is 14.4 Å². The molecule has 1 heterocycles. The van der Waals surface area contributed by atoms with E-state index >= 15 is 0 Å². The first-order valence-electron chi connectivity index (χ1n) is 7.84. The summed E-state index contributed by atoms with van der Waals surface area (Å²) in [5.41, 5.74) is 0. The van der Waals surface area contributed by atoms with Gasteiger partial charge in [0.05, 0.1) is 18.9 Å². The Kier molecular flexibility index (Phi) is 5.59. The van der Waals surface area contributed by atoms with E-state index in [9.17, 15) is 14.4 Å². The Labute approximate surface area is 125 Å². The van der Waals surface area contributed by atoms with Gasteiger partial charge in [0.15, 0.2) is 0 Å². The number of likely N-dealkylation sites (tertiary alicyclic amines) is 1. The number of rotatable bonds is 6. The molecule has 0 aromatic rings. The molecule has 1 unspecified atom stereocenters.